The van der Waals surface area contributed by atoms with Crippen molar-refractivity contribution < 1.29 is 18.7 Å². The number of hydrogen-bond acceptors (Lipinski definition) is 3. The quantitative estimate of drug-likeness (QED) is 0.839. The molecule has 4 nitrogen and oxygen atoms in total. The SMILES string of the molecule is O=C(c1cc(-c2ccccc2)ccc1F)N1CCC2(CC1)OCCO2. The van der Waals surface area contributed by atoms with Gasteiger partial charge in [-0.15, -0.1) is 0 Å². The molecule has 2 aliphatic heterocycles. The molecule has 0 N–H and O–H groups in total. The van der Waals surface area contributed by atoms with E-state index in [-0.39, 0.29) is 11.5 Å². The van der Waals surface area contributed by atoms with Crippen molar-refractivity contribution in [1.82, 2.24) is 4.90 Å². The highest BCUT2D eigenvalue weighted by atomic mass is 19.1. The van der Waals surface area contributed by atoms with Crippen LogP contribution in [0.4, 0.5) is 4.39 Å². The molecule has 2 heterocycles. The fourth-order valence-electron chi connectivity index (χ4n) is 3.51. The van der Waals surface area contributed by atoms with E-state index in [1.807, 2.05) is 30.3 Å². The topological polar surface area (TPSA) is 38.8 Å². The number of hydrogen-bond donors (Lipinski definition) is 0. The van der Waals surface area contributed by atoms with Gasteiger partial charge in [0, 0.05) is 25.9 Å². The maximum Gasteiger partial charge on any atom is 0.256 e. The average molecular weight is 341 g/mol. The summed E-state index contributed by atoms with van der Waals surface area (Å²) in [5.41, 5.74) is 1.91. The van der Waals surface area contributed by atoms with Crippen LogP contribution in [0.3, 0.4) is 0 Å². The van der Waals surface area contributed by atoms with Crippen LogP contribution in [0.2, 0.25) is 0 Å². The number of carbonyl (C=O) groups excluding carboxylic acids is 1. The molecule has 0 aliphatic carbocycles. The van der Waals surface area contributed by atoms with E-state index in [0.29, 0.717) is 39.1 Å². The normalized spacial score (nSPS) is 19.3. The van der Waals surface area contributed by atoms with Crippen molar-refractivity contribution in [2.24, 2.45) is 0 Å². The van der Waals surface area contributed by atoms with Gasteiger partial charge < -0.3 is 14.4 Å². The van der Waals surface area contributed by atoms with Gasteiger partial charge in [0.25, 0.3) is 5.91 Å². The Morgan fingerprint density at radius 1 is 0.960 bits per heavy atom. The minimum Gasteiger partial charge on any atom is -0.347 e. The second-order valence-electron chi connectivity index (χ2n) is 6.46. The Morgan fingerprint density at radius 3 is 2.32 bits per heavy atom. The summed E-state index contributed by atoms with van der Waals surface area (Å²) in [6.07, 6.45) is 1.25. The van der Waals surface area contributed by atoms with Crippen molar-refractivity contribution in [2.75, 3.05) is 26.3 Å². The van der Waals surface area contributed by atoms with Crippen LogP contribution in [-0.4, -0.2) is 42.9 Å². The van der Waals surface area contributed by atoms with Gasteiger partial charge in [-0.25, -0.2) is 4.39 Å². The summed E-state index contributed by atoms with van der Waals surface area (Å²) in [6, 6.07) is 14.4. The number of halogens is 1. The highest BCUT2D eigenvalue weighted by Gasteiger charge is 2.41. The number of piperidine rings is 1. The fraction of sp³-hybridized carbons (Fsp3) is 0.350. The molecule has 0 saturated carbocycles. The van der Waals surface area contributed by atoms with Gasteiger partial charge in [0.05, 0.1) is 18.8 Å². The van der Waals surface area contributed by atoms with E-state index in [1.165, 1.54) is 6.07 Å². The lowest BCUT2D eigenvalue weighted by atomic mass is 10.00. The lowest BCUT2D eigenvalue weighted by molar-refractivity contribution is -0.181. The van der Waals surface area contributed by atoms with Gasteiger partial charge >= 0.3 is 0 Å². The molecular weight excluding hydrogens is 321 g/mol. The molecule has 2 fully saturated rings. The molecule has 0 atom stereocenters. The first kappa shape index (κ1) is 16.2. The number of nitrogens with zero attached hydrogens (tertiary/aromatic N) is 1. The first-order valence-electron chi connectivity index (χ1n) is 8.59. The van der Waals surface area contributed by atoms with Gasteiger partial charge in [0.15, 0.2) is 5.79 Å². The first-order chi connectivity index (χ1) is 12.2. The minimum atomic E-state index is -0.540. The summed E-state index contributed by atoms with van der Waals surface area (Å²) in [5.74, 6) is -1.30. The summed E-state index contributed by atoms with van der Waals surface area (Å²) in [6.45, 7) is 2.21. The molecule has 4 rings (SSSR count). The summed E-state index contributed by atoms with van der Waals surface area (Å²) in [4.78, 5) is 14.5. The molecule has 0 bridgehead atoms. The van der Waals surface area contributed by atoms with E-state index in [1.54, 1.807) is 17.0 Å². The fourth-order valence-corrected chi connectivity index (χ4v) is 3.51. The van der Waals surface area contributed by atoms with Gasteiger partial charge in [-0.1, -0.05) is 36.4 Å². The lowest BCUT2D eigenvalue weighted by Crippen LogP contribution is -2.47. The summed E-state index contributed by atoms with van der Waals surface area (Å²) < 4.78 is 25.7. The van der Waals surface area contributed by atoms with Crippen molar-refractivity contribution in [2.45, 2.75) is 18.6 Å². The predicted molar refractivity (Wildman–Crippen MR) is 91.6 cm³/mol. The molecule has 130 valence electrons. The summed E-state index contributed by atoms with van der Waals surface area (Å²) in [5, 5.41) is 0. The molecule has 2 aromatic rings. The highest BCUT2D eigenvalue weighted by molar-refractivity contribution is 5.95. The van der Waals surface area contributed by atoms with E-state index in [0.717, 1.165) is 11.1 Å². The summed E-state index contributed by atoms with van der Waals surface area (Å²) in [7, 11) is 0. The zero-order valence-electron chi connectivity index (χ0n) is 13.9. The third kappa shape index (κ3) is 3.17. The molecule has 2 aliphatic rings. The number of ether oxygens (including phenoxy) is 2. The molecule has 5 heteroatoms. The molecule has 25 heavy (non-hydrogen) atoms. The largest absolute Gasteiger partial charge is 0.347 e. The maximum absolute atomic E-state index is 14.3. The second-order valence-corrected chi connectivity index (χ2v) is 6.46. The monoisotopic (exact) mass is 341 g/mol. The Labute approximate surface area is 146 Å². The molecule has 0 radical (unpaired) electrons. The van der Waals surface area contributed by atoms with E-state index >= 15 is 0 Å². The molecule has 2 aromatic carbocycles. The number of benzene rings is 2. The first-order valence-corrected chi connectivity index (χ1v) is 8.59. The van der Waals surface area contributed by atoms with Crippen LogP contribution in [-0.2, 0) is 9.47 Å². The van der Waals surface area contributed by atoms with Crippen LogP contribution in [0.1, 0.15) is 23.2 Å². The molecule has 2 saturated heterocycles. The zero-order valence-corrected chi connectivity index (χ0v) is 13.9. The average Bonchev–Trinajstić information content (AvgIpc) is 3.11. The van der Waals surface area contributed by atoms with Gasteiger partial charge in [0.2, 0.25) is 0 Å². The van der Waals surface area contributed by atoms with Crippen molar-refractivity contribution in [3.63, 3.8) is 0 Å². The molecule has 0 unspecified atom stereocenters. The van der Waals surface area contributed by atoms with E-state index in [2.05, 4.69) is 0 Å². The number of rotatable bonds is 2. The lowest BCUT2D eigenvalue weighted by Gasteiger charge is -2.37. The van der Waals surface area contributed by atoms with Crippen LogP contribution >= 0.6 is 0 Å². The van der Waals surface area contributed by atoms with Crippen molar-refractivity contribution in [1.29, 1.82) is 0 Å². The molecular formula is C20H20FNO3. The Kier molecular flexibility index (Phi) is 4.27. The minimum absolute atomic E-state index is 0.116. The number of carbonyl (C=O) groups is 1. The third-order valence-electron chi connectivity index (χ3n) is 4.93. The standard InChI is InChI=1S/C20H20FNO3/c21-18-7-6-16(15-4-2-1-3-5-15)14-17(18)19(23)22-10-8-20(9-11-22)24-12-13-25-20/h1-7,14H,8-13H2. The van der Waals surface area contributed by atoms with Gasteiger partial charge in [0.1, 0.15) is 5.82 Å². The van der Waals surface area contributed by atoms with Gasteiger partial charge in [-0.2, -0.15) is 0 Å². The summed E-state index contributed by atoms with van der Waals surface area (Å²) >= 11 is 0. The third-order valence-corrected chi connectivity index (χ3v) is 4.93. The molecule has 1 spiro atoms. The Bertz CT molecular complexity index is 762. The van der Waals surface area contributed by atoms with Crippen LogP contribution < -0.4 is 0 Å². The van der Waals surface area contributed by atoms with Crippen molar-refractivity contribution >= 4 is 5.91 Å². The Balaban J connectivity index is 1.54. The van der Waals surface area contributed by atoms with Gasteiger partial charge in [-0.3, -0.25) is 4.79 Å². The number of likely N-dealkylation sites (tertiary alicyclic amines) is 1. The highest BCUT2D eigenvalue weighted by Crippen LogP contribution is 2.32. The van der Waals surface area contributed by atoms with Crippen molar-refractivity contribution in [3.05, 3.63) is 59.9 Å². The van der Waals surface area contributed by atoms with Crippen LogP contribution in [0.15, 0.2) is 48.5 Å². The van der Waals surface area contributed by atoms with Crippen LogP contribution in [0.25, 0.3) is 11.1 Å². The zero-order chi connectivity index (χ0) is 17.3. The van der Waals surface area contributed by atoms with Crippen LogP contribution in [0.5, 0.6) is 0 Å². The predicted octanol–water partition coefficient (Wildman–Crippen LogP) is 3.47. The maximum atomic E-state index is 14.3. The van der Waals surface area contributed by atoms with Gasteiger partial charge in [-0.05, 0) is 23.3 Å². The molecule has 0 aromatic heterocycles. The van der Waals surface area contributed by atoms with E-state index < -0.39 is 11.6 Å². The molecule has 1 amide bonds. The Hall–Kier alpha value is -2.24. The van der Waals surface area contributed by atoms with Crippen molar-refractivity contribution in [3.8, 4) is 11.1 Å². The van der Waals surface area contributed by atoms with E-state index in [9.17, 15) is 9.18 Å². The number of amides is 1. The van der Waals surface area contributed by atoms with E-state index in [4.69, 9.17) is 9.47 Å². The Morgan fingerprint density at radius 2 is 1.64 bits per heavy atom. The smallest absolute Gasteiger partial charge is 0.256 e. The second kappa shape index (κ2) is 6.58. The van der Waals surface area contributed by atoms with Crippen LogP contribution in [0, 0.1) is 5.82 Å².